The van der Waals surface area contributed by atoms with E-state index >= 15 is 0 Å². The Balaban J connectivity index is 1.74. The fourth-order valence-corrected chi connectivity index (χ4v) is 2.70. The van der Waals surface area contributed by atoms with E-state index in [1.54, 1.807) is 24.0 Å². The highest BCUT2D eigenvalue weighted by Crippen LogP contribution is 2.27. The minimum Gasteiger partial charge on any atom is -0.505 e. The van der Waals surface area contributed by atoms with Gasteiger partial charge in [0.1, 0.15) is 5.75 Å². The normalized spacial score (nSPS) is 10.7. The van der Waals surface area contributed by atoms with Gasteiger partial charge in [0.15, 0.2) is 11.5 Å². The van der Waals surface area contributed by atoms with Gasteiger partial charge >= 0.3 is 0 Å². The Bertz CT molecular complexity index is 758. The van der Waals surface area contributed by atoms with Gasteiger partial charge < -0.3 is 9.63 Å². The summed E-state index contributed by atoms with van der Waals surface area (Å²) in [7, 11) is 0. The fraction of sp³-hybridized carbons (Fsp3) is 0.133. The van der Waals surface area contributed by atoms with E-state index in [9.17, 15) is 5.11 Å². The second-order valence-electron chi connectivity index (χ2n) is 4.44. The predicted octanol–water partition coefficient (Wildman–Crippen LogP) is 3.44. The number of benzene rings is 1. The van der Waals surface area contributed by atoms with Gasteiger partial charge in [-0.1, -0.05) is 23.4 Å². The Morgan fingerprint density at radius 3 is 2.86 bits per heavy atom. The Morgan fingerprint density at radius 2 is 2.05 bits per heavy atom. The van der Waals surface area contributed by atoms with Crippen molar-refractivity contribution < 1.29 is 9.63 Å². The smallest absolute Gasteiger partial charge is 0.280 e. The summed E-state index contributed by atoms with van der Waals surface area (Å²) in [4.78, 5) is 9.49. The molecule has 0 radical (unpaired) electrons. The minimum atomic E-state index is 0.0271. The number of thioether (sulfide) groups is 1. The summed E-state index contributed by atoms with van der Waals surface area (Å²) in [5.41, 5.74) is 1.52. The van der Waals surface area contributed by atoms with Gasteiger partial charge in [0.25, 0.3) is 5.89 Å². The summed E-state index contributed by atoms with van der Waals surface area (Å²) in [6.45, 7) is 2.07. The molecule has 3 rings (SSSR count). The molecule has 0 aliphatic rings. The summed E-state index contributed by atoms with van der Waals surface area (Å²) in [5.74, 6) is 1.43. The van der Waals surface area contributed by atoms with Gasteiger partial charge in [-0.15, -0.1) is 11.8 Å². The molecule has 5 nitrogen and oxygen atoms in total. The second-order valence-corrected chi connectivity index (χ2v) is 5.46. The van der Waals surface area contributed by atoms with E-state index < -0.39 is 0 Å². The lowest BCUT2D eigenvalue weighted by molar-refractivity contribution is 0.417. The maximum Gasteiger partial charge on any atom is 0.280 e. The van der Waals surface area contributed by atoms with Crippen LogP contribution in [0.15, 0.2) is 52.0 Å². The van der Waals surface area contributed by atoms with Gasteiger partial charge in [0.05, 0.1) is 5.75 Å². The Morgan fingerprint density at radius 1 is 1.19 bits per heavy atom. The van der Waals surface area contributed by atoms with E-state index in [0.717, 1.165) is 0 Å². The predicted molar refractivity (Wildman–Crippen MR) is 79.9 cm³/mol. The molecular formula is C15H13N3O2S. The molecule has 0 aliphatic carbocycles. The number of hydrogen-bond acceptors (Lipinski definition) is 6. The molecule has 6 heteroatoms. The van der Waals surface area contributed by atoms with Crippen molar-refractivity contribution in [1.29, 1.82) is 0 Å². The molecule has 1 N–H and O–H groups in total. The van der Waals surface area contributed by atoms with E-state index in [-0.39, 0.29) is 11.6 Å². The quantitative estimate of drug-likeness (QED) is 0.744. The number of nitrogens with zero attached hydrogens (tertiary/aromatic N) is 3. The molecule has 0 amide bonds. The number of hydrogen-bond donors (Lipinski definition) is 1. The van der Waals surface area contributed by atoms with Crippen molar-refractivity contribution in [2.45, 2.75) is 17.6 Å². The zero-order valence-corrected chi connectivity index (χ0v) is 12.2. The topological polar surface area (TPSA) is 72.0 Å². The zero-order valence-electron chi connectivity index (χ0n) is 11.4. The maximum atomic E-state index is 9.72. The van der Waals surface area contributed by atoms with Crippen LogP contribution in [0.1, 0.15) is 11.4 Å². The monoisotopic (exact) mass is 299 g/mol. The lowest BCUT2D eigenvalue weighted by atomic mass is 10.2. The number of pyridine rings is 1. The number of aromatic hydroxyl groups is 1. The van der Waals surface area contributed by atoms with Crippen molar-refractivity contribution in [2.75, 3.05) is 0 Å². The first-order chi connectivity index (χ1) is 10.2. The van der Waals surface area contributed by atoms with Gasteiger partial charge in [-0.25, -0.2) is 4.98 Å². The van der Waals surface area contributed by atoms with Crippen LogP contribution in [0, 0.1) is 6.92 Å². The van der Waals surface area contributed by atoms with Crippen LogP contribution in [-0.2, 0) is 5.75 Å². The summed E-state index contributed by atoms with van der Waals surface area (Å²) in [5, 5.41) is 13.6. The van der Waals surface area contributed by atoms with Crippen LogP contribution < -0.4 is 0 Å². The first-order valence-electron chi connectivity index (χ1n) is 6.39. The summed E-state index contributed by atoms with van der Waals surface area (Å²) in [6, 6.07) is 11.3. The van der Waals surface area contributed by atoms with E-state index in [2.05, 4.69) is 34.2 Å². The third kappa shape index (κ3) is 3.05. The molecule has 1 aromatic carbocycles. The summed E-state index contributed by atoms with van der Waals surface area (Å²) >= 11 is 1.64. The third-order valence-electron chi connectivity index (χ3n) is 2.91. The molecule has 0 atom stereocenters. The van der Waals surface area contributed by atoms with Crippen molar-refractivity contribution in [3.8, 4) is 17.3 Å². The van der Waals surface area contributed by atoms with Crippen LogP contribution in [0.3, 0.4) is 0 Å². The molecule has 21 heavy (non-hydrogen) atoms. The molecule has 0 saturated carbocycles. The molecule has 106 valence electrons. The summed E-state index contributed by atoms with van der Waals surface area (Å²) in [6.07, 6.45) is 1.57. The van der Waals surface area contributed by atoms with E-state index in [1.165, 1.54) is 16.5 Å². The lowest BCUT2D eigenvalue weighted by Gasteiger charge is -2.01. The zero-order chi connectivity index (χ0) is 14.7. The van der Waals surface area contributed by atoms with Crippen LogP contribution in [0.2, 0.25) is 0 Å². The molecule has 2 heterocycles. The van der Waals surface area contributed by atoms with Crippen LogP contribution in [0.25, 0.3) is 11.6 Å². The van der Waals surface area contributed by atoms with Gasteiger partial charge in [-0.3, -0.25) is 0 Å². The van der Waals surface area contributed by atoms with Crippen LogP contribution >= 0.6 is 11.8 Å². The fourth-order valence-electron chi connectivity index (χ4n) is 1.83. The first-order valence-corrected chi connectivity index (χ1v) is 7.38. The highest BCUT2D eigenvalue weighted by Gasteiger charge is 2.14. The van der Waals surface area contributed by atoms with Crippen molar-refractivity contribution in [3.05, 3.63) is 54.0 Å². The summed E-state index contributed by atoms with van der Waals surface area (Å²) < 4.78 is 5.15. The van der Waals surface area contributed by atoms with Gasteiger partial charge in [0.2, 0.25) is 0 Å². The lowest BCUT2D eigenvalue weighted by Crippen LogP contribution is -1.87. The van der Waals surface area contributed by atoms with Crippen LogP contribution in [0.5, 0.6) is 5.75 Å². The van der Waals surface area contributed by atoms with Crippen molar-refractivity contribution in [1.82, 2.24) is 15.1 Å². The molecule has 0 aliphatic heterocycles. The van der Waals surface area contributed by atoms with E-state index in [0.29, 0.717) is 17.3 Å². The molecule has 0 bridgehead atoms. The first kappa shape index (κ1) is 13.6. The minimum absolute atomic E-state index is 0.0271. The number of aryl methyl sites for hydroxylation is 1. The average Bonchev–Trinajstić information content (AvgIpc) is 2.96. The average molecular weight is 299 g/mol. The molecule has 2 aromatic heterocycles. The Labute approximate surface area is 126 Å². The largest absolute Gasteiger partial charge is 0.505 e. The van der Waals surface area contributed by atoms with Gasteiger partial charge in [0, 0.05) is 11.1 Å². The van der Waals surface area contributed by atoms with Gasteiger partial charge in [-0.05, 0) is 30.7 Å². The molecule has 0 unspecified atom stereocenters. The highest BCUT2D eigenvalue weighted by atomic mass is 32.2. The number of rotatable bonds is 4. The Kier molecular flexibility index (Phi) is 3.87. The van der Waals surface area contributed by atoms with E-state index in [4.69, 9.17) is 4.52 Å². The van der Waals surface area contributed by atoms with Crippen LogP contribution in [0.4, 0.5) is 0 Å². The molecular weight excluding hydrogens is 286 g/mol. The molecule has 0 fully saturated rings. The maximum absolute atomic E-state index is 9.72. The van der Waals surface area contributed by atoms with Crippen molar-refractivity contribution >= 4 is 11.8 Å². The SMILES string of the molecule is Cc1ccccc1SCc1noc(-c2ncccc2O)n1. The Hall–Kier alpha value is -2.34. The number of aromatic nitrogens is 3. The standard InChI is InChI=1S/C15H13N3O2S/c1-10-5-2-3-7-12(10)21-9-13-17-15(20-18-13)14-11(19)6-4-8-16-14/h2-8,19H,9H2,1H3. The highest BCUT2D eigenvalue weighted by molar-refractivity contribution is 7.98. The van der Waals surface area contributed by atoms with E-state index in [1.807, 2.05) is 12.1 Å². The molecule has 3 aromatic rings. The third-order valence-corrected chi connectivity index (χ3v) is 4.08. The van der Waals surface area contributed by atoms with Gasteiger partial charge in [-0.2, -0.15) is 4.98 Å². The van der Waals surface area contributed by atoms with Crippen LogP contribution in [-0.4, -0.2) is 20.2 Å². The van der Waals surface area contributed by atoms with Crippen molar-refractivity contribution in [2.24, 2.45) is 0 Å². The molecule has 0 saturated heterocycles. The van der Waals surface area contributed by atoms with Crippen molar-refractivity contribution in [3.63, 3.8) is 0 Å². The molecule has 0 spiro atoms. The second kappa shape index (κ2) is 5.97.